The predicted octanol–water partition coefficient (Wildman–Crippen LogP) is 2.56. The Morgan fingerprint density at radius 2 is 2.15 bits per heavy atom. The van der Waals surface area contributed by atoms with Crippen LogP contribution < -0.4 is 0 Å². The summed E-state index contributed by atoms with van der Waals surface area (Å²) >= 11 is 0. The summed E-state index contributed by atoms with van der Waals surface area (Å²) in [6.45, 7) is 6.96. The van der Waals surface area contributed by atoms with Crippen molar-refractivity contribution >= 4 is 6.09 Å². The second-order valence-electron chi connectivity index (χ2n) is 8.25. The Bertz CT molecular complexity index is 690. The Labute approximate surface area is 156 Å². The first kappa shape index (κ1) is 20.2. The highest BCUT2D eigenvalue weighted by molar-refractivity contribution is 5.68. The van der Waals surface area contributed by atoms with Crippen LogP contribution in [0.4, 0.5) is 4.79 Å². The van der Waals surface area contributed by atoms with E-state index in [1.807, 2.05) is 45.8 Å². The zero-order valence-electron chi connectivity index (χ0n) is 16.3. The van der Waals surface area contributed by atoms with Crippen molar-refractivity contribution in [2.75, 3.05) is 33.7 Å². The average molecular weight is 359 g/mol. The molecule has 1 N–H and O–H groups in total. The van der Waals surface area contributed by atoms with Crippen molar-refractivity contribution in [2.24, 2.45) is 5.92 Å². The molecule has 0 aromatic heterocycles. The van der Waals surface area contributed by atoms with E-state index in [0.717, 1.165) is 5.56 Å². The van der Waals surface area contributed by atoms with Gasteiger partial charge in [-0.25, -0.2) is 4.79 Å². The molecule has 2 rings (SSSR count). The summed E-state index contributed by atoms with van der Waals surface area (Å²) in [6.07, 6.45) is 0.0497. The predicted molar refractivity (Wildman–Crippen MR) is 99.5 cm³/mol. The van der Waals surface area contributed by atoms with Crippen LogP contribution in [0.2, 0.25) is 0 Å². The Hall–Kier alpha value is -2.10. The van der Waals surface area contributed by atoms with Crippen molar-refractivity contribution in [2.45, 2.75) is 38.4 Å². The van der Waals surface area contributed by atoms with E-state index in [2.05, 4.69) is 6.07 Å². The second-order valence-corrected chi connectivity index (χ2v) is 8.25. The maximum Gasteiger partial charge on any atom is 0.410 e. The highest BCUT2D eigenvalue weighted by Gasteiger charge is 2.44. The van der Waals surface area contributed by atoms with Crippen LogP contribution in [0, 0.1) is 17.2 Å². The molecule has 26 heavy (non-hydrogen) atoms. The van der Waals surface area contributed by atoms with E-state index in [-0.39, 0.29) is 12.0 Å². The van der Waals surface area contributed by atoms with Crippen LogP contribution in [0.1, 0.15) is 38.3 Å². The molecule has 2 atom stereocenters. The van der Waals surface area contributed by atoms with Crippen LogP contribution in [0.3, 0.4) is 0 Å². The quantitative estimate of drug-likeness (QED) is 0.897. The van der Waals surface area contributed by atoms with Crippen molar-refractivity contribution in [3.63, 3.8) is 0 Å². The maximum atomic E-state index is 12.5. The Morgan fingerprint density at radius 3 is 2.73 bits per heavy atom. The number of likely N-dealkylation sites (tertiary alicyclic amines) is 1. The van der Waals surface area contributed by atoms with Crippen LogP contribution in [0.15, 0.2) is 24.3 Å². The molecule has 1 aromatic rings. The molecule has 1 saturated heterocycles. The van der Waals surface area contributed by atoms with Gasteiger partial charge in [0.15, 0.2) is 0 Å². The zero-order chi connectivity index (χ0) is 19.5. The number of piperidine rings is 1. The van der Waals surface area contributed by atoms with Gasteiger partial charge in [0, 0.05) is 25.6 Å². The highest BCUT2D eigenvalue weighted by atomic mass is 16.6. The molecular formula is C20H29N3O3. The number of carbonyl (C=O) groups is 1. The van der Waals surface area contributed by atoms with Crippen LogP contribution >= 0.6 is 0 Å². The van der Waals surface area contributed by atoms with Gasteiger partial charge in [-0.3, -0.25) is 0 Å². The molecule has 0 bridgehead atoms. The van der Waals surface area contributed by atoms with E-state index in [1.165, 1.54) is 0 Å². The molecule has 0 unspecified atom stereocenters. The van der Waals surface area contributed by atoms with E-state index >= 15 is 0 Å². The summed E-state index contributed by atoms with van der Waals surface area (Å²) in [5, 5.41) is 20.7. The second kappa shape index (κ2) is 7.65. The van der Waals surface area contributed by atoms with Gasteiger partial charge in [0.25, 0.3) is 0 Å². The van der Waals surface area contributed by atoms with Gasteiger partial charge in [0.1, 0.15) is 5.60 Å². The number of benzene rings is 1. The summed E-state index contributed by atoms with van der Waals surface area (Å²) < 4.78 is 5.49. The molecule has 6 nitrogen and oxygen atoms in total. The summed E-state index contributed by atoms with van der Waals surface area (Å²) in [4.78, 5) is 16.1. The first-order chi connectivity index (χ1) is 12.0. The fourth-order valence-corrected chi connectivity index (χ4v) is 3.40. The van der Waals surface area contributed by atoms with Gasteiger partial charge in [-0.1, -0.05) is 12.1 Å². The SMILES string of the molecule is CN(C)C[C@@H]1CN(C(=O)OC(C)(C)C)CC[C@]1(O)c1cccc(C#N)c1. The molecule has 142 valence electrons. The largest absolute Gasteiger partial charge is 0.444 e. The van der Waals surface area contributed by atoms with Crippen molar-refractivity contribution in [3.05, 3.63) is 35.4 Å². The number of hydrogen-bond acceptors (Lipinski definition) is 5. The third kappa shape index (κ3) is 4.75. The topological polar surface area (TPSA) is 76.8 Å². The molecule has 1 aromatic carbocycles. The minimum atomic E-state index is -1.09. The standard InChI is InChI=1S/C20H29N3O3/c1-19(2,3)26-18(24)23-10-9-20(25,17(14-23)13-22(4)5)16-8-6-7-15(11-16)12-21/h6-8,11,17,25H,9-10,13-14H2,1-5H3/t17-,20+/m1/s1. The van der Waals surface area contributed by atoms with E-state index in [9.17, 15) is 9.90 Å². The molecule has 1 aliphatic heterocycles. The number of carbonyl (C=O) groups excluding carboxylic acids is 1. The minimum absolute atomic E-state index is 0.187. The maximum absolute atomic E-state index is 12.5. The molecule has 0 radical (unpaired) electrons. The molecule has 1 aliphatic rings. The minimum Gasteiger partial charge on any atom is -0.444 e. The van der Waals surface area contributed by atoms with Crippen LogP contribution in [0.5, 0.6) is 0 Å². The highest BCUT2D eigenvalue weighted by Crippen LogP contribution is 2.38. The molecule has 1 heterocycles. The smallest absolute Gasteiger partial charge is 0.410 e. The molecule has 1 amide bonds. The fourth-order valence-electron chi connectivity index (χ4n) is 3.40. The fraction of sp³-hybridized carbons (Fsp3) is 0.600. The average Bonchev–Trinajstić information content (AvgIpc) is 2.55. The number of aliphatic hydroxyl groups is 1. The van der Waals surface area contributed by atoms with Gasteiger partial charge in [0.05, 0.1) is 17.2 Å². The van der Waals surface area contributed by atoms with Crippen LogP contribution in [0.25, 0.3) is 0 Å². The lowest BCUT2D eigenvalue weighted by Gasteiger charge is -2.46. The van der Waals surface area contributed by atoms with E-state index in [0.29, 0.717) is 31.6 Å². The first-order valence-corrected chi connectivity index (χ1v) is 8.91. The lowest BCUT2D eigenvalue weighted by Crippen LogP contribution is -2.55. The number of nitriles is 1. The third-order valence-corrected chi connectivity index (χ3v) is 4.61. The van der Waals surface area contributed by atoms with Crippen molar-refractivity contribution in [1.82, 2.24) is 9.80 Å². The van der Waals surface area contributed by atoms with E-state index < -0.39 is 11.2 Å². The van der Waals surface area contributed by atoms with Gasteiger partial charge in [-0.2, -0.15) is 5.26 Å². The number of rotatable bonds is 3. The number of ether oxygens (including phenoxy) is 1. The molecular weight excluding hydrogens is 330 g/mol. The lowest BCUT2D eigenvalue weighted by atomic mass is 9.75. The molecule has 0 aliphatic carbocycles. The Balaban J connectivity index is 2.28. The molecule has 1 fully saturated rings. The zero-order valence-corrected chi connectivity index (χ0v) is 16.3. The molecule has 6 heteroatoms. The van der Waals surface area contributed by atoms with Crippen molar-refractivity contribution < 1.29 is 14.6 Å². The summed E-state index contributed by atoms with van der Waals surface area (Å²) in [5.41, 5.74) is -0.389. The number of nitrogens with zero attached hydrogens (tertiary/aromatic N) is 3. The van der Waals surface area contributed by atoms with Gasteiger partial charge in [-0.05, 0) is 59.0 Å². The van der Waals surface area contributed by atoms with Crippen LogP contribution in [-0.2, 0) is 10.3 Å². The van der Waals surface area contributed by atoms with Crippen LogP contribution in [-0.4, -0.2) is 60.3 Å². The van der Waals surface area contributed by atoms with Gasteiger partial charge in [0.2, 0.25) is 0 Å². The first-order valence-electron chi connectivity index (χ1n) is 8.91. The van der Waals surface area contributed by atoms with Crippen molar-refractivity contribution in [1.29, 1.82) is 5.26 Å². The van der Waals surface area contributed by atoms with E-state index in [1.54, 1.807) is 23.1 Å². The summed E-state index contributed by atoms with van der Waals surface area (Å²) in [6, 6.07) is 9.24. The van der Waals surface area contributed by atoms with Gasteiger partial charge >= 0.3 is 6.09 Å². The Kier molecular flexibility index (Phi) is 5.94. The summed E-state index contributed by atoms with van der Waals surface area (Å²) in [7, 11) is 3.89. The summed E-state index contributed by atoms with van der Waals surface area (Å²) in [5.74, 6) is -0.187. The molecule has 0 spiro atoms. The molecule has 0 saturated carbocycles. The lowest BCUT2D eigenvalue weighted by molar-refractivity contribution is -0.0854. The van der Waals surface area contributed by atoms with Gasteiger partial charge < -0.3 is 19.6 Å². The number of amides is 1. The monoisotopic (exact) mass is 359 g/mol. The van der Waals surface area contributed by atoms with Gasteiger partial charge in [-0.15, -0.1) is 0 Å². The number of hydrogen-bond donors (Lipinski definition) is 1. The Morgan fingerprint density at radius 1 is 1.46 bits per heavy atom. The normalized spacial score (nSPS) is 23.6. The third-order valence-electron chi connectivity index (χ3n) is 4.61. The van der Waals surface area contributed by atoms with E-state index in [4.69, 9.17) is 10.00 Å². The van der Waals surface area contributed by atoms with Crippen molar-refractivity contribution in [3.8, 4) is 6.07 Å².